The van der Waals surface area contributed by atoms with Crippen LogP contribution in [0.15, 0.2) is 24.3 Å². The fourth-order valence-electron chi connectivity index (χ4n) is 2.16. The van der Waals surface area contributed by atoms with Crippen LogP contribution in [0.25, 0.3) is 0 Å². The molecule has 0 saturated carbocycles. The topological polar surface area (TPSA) is 66.4 Å². The van der Waals surface area contributed by atoms with Crippen molar-refractivity contribution in [2.75, 3.05) is 6.54 Å². The molecule has 4 nitrogen and oxygen atoms in total. The lowest BCUT2D eigenvalue weighted by molar-refractivity contribution is -0.149. The average molecular weight is 237 g/mol. The third-order valence-corrected chi connectivity index (χ3v) is 3.00. The lowest BCUT2D eigenvalue weighted by Gasteiger charge is -2.28. The zero-order valence-electron chi connectivity index (χ0n) is 9.02. The van der Waals surface area contributed by atoms with Gasteiger partial charge in [0, 0.05) is 12.5 Å². The van der Waals surface area contributed by atoms with Crippen LogP contribution in [-0.2, 0) is 9.59 Å². The molecule has 5 heteroatoms. The summed E-state index contributed by atoms with van der Waals surface area (Å²) in [6.45, 7) is 0.449. The van der Waals surface area contributed by atoms with Crippen LogP contribution in [0, 0.1) is 11.7 Å². The molecule has 0 aromatic heterocycles. The minimum Gasteiger partial charge on any atom is -0.481 e. The van der Waals surface area contributed by atoms with Crippen molar-refractivity contribution in [2.24, 2.45) is 5.92 Å². The van der Waals surface area contributed by atoms with E-state index in [-0.39, 0.29) is 11.7 Å². The summed E-state index contributed by atoms with van der Waals surface area (Å²) < 4.78 is 12.8. The molecule has 1 fully saturated rings. The fourth-order valence-corrected chi connectivity index (χ4v) is 2.16. The number of benzene rings is 1. The standard InChI is InChI=1S/C12H12FNO3/c13-8-3-1-7(2-4-8)9-5-6-14-11(15)10(9)12(16)17/h1-4,9-10H,5-6H2,(H,14,15)(H,16,17)/t9-,10-/m1/s1. The van der Waals surface area contributed by atoms with Crippen LogP contribution >= 0.6 is 0 Å². The quantitative estimate of drug-likeness (QED) is 0.758. The lowest BCUT2D eigenvalue weighted by atomic mass is 9.81. The first-order valence-electron chi connectivity index (χ1n) is 5.35. The second kappa shape index (κ2) is 4.53. The van der Waals surface area contributed by atoms with Gasteiger partial charge in [-0.3, -0.25) is 9.59 Å². The Morgan fingerprint density at radius 2 is 2.00 bits per heavy atom. The molecule has 1 aliphatic heterocycles. The number of hydrogen-bond donors (Lipinski definition) is 2. The van der Waals surface area contributed by atoms with Gasteiger partial charge in [-0.2, -0.15) is 0 Å². The van der Waals surface area contributed by atoms with Crippen LogP contribution < -0.4 is 5.32 Å². The Morgan fingerprint density at radius 3 is 2.59 bits per heavy atom. The van der Waals surface area contributed by atoms with Crippen LogP contribution in [-0.4, -0.2) is 23.5 Å². The number of carboxylic acids is 1. The van der Waals surface area contributed by atoms with Gasteiger partial charge in [-0.05, 0) is 24.1 Å². The van der Waals surface area contributed by atoms with E-state index in [0.717, 1.165) is 0 Å². The maximum absolute atomic E-state index is 12.8. The van der Waals surface area contributed by atoms with Crippen LogP contribution in [0.3, 0.4) is 0 Å². The Kier molecular flexibility index (Phi) is 3.08. The van der Waals surface area contributed by atoms with E-state index in [4.69, 9.17) is 5.11 Å². The van der Waals surface area contributed by atoms with Crippen LogP contribution in [0.1, 0.15) is 17.9 Å². The van der Waals surface area contributed by atoms with E-state index in [9.17, 15) is 14.0 Å². The number of hydrogen-bond acceptors (Lipinski definition) is 2. The first kappa shape index (κ1) is 11.6. The molecule has 2 N–H and O–H groups in total. The number of nitrogens with one attached hydrogen (secondary N) is 1. The van der Waals surface area contributed by atoms with Gasteiger partial charge in [-0.25, -0.2) is 4.39 Å². The first-order chi connectivity index (χ1) is 8.09. The van der Waals surface area contributed by atoms with Gasteiger partial charge in [0.15, 0.2) is 0 Å². The first-order valence-corrected chi connectivity index (χ1v) is 5.35. The zero-order chi connectivity index (χ0) is 12.4. The minimum atomic E-state index is -1.14. The highest BCUT2D eigenvalue weighted by molar-refractivity contribution is 5.98. The summed E-state index contributed by atoms with van der Waals surface area (Å²) in [6.07, 6.45) is 0.550. The van der Waals surface area contributed by atoms with Gasteiger partial charge in [0.05, 0.1) is 0 Å². The molecule has 1 aromatic carbocycles. The van der Waals surface area contributed by atoms with Crippen molar-refractivity contribution in [2.45, 2.75) is 12.3 Å². The predicted molar refractivity (Wildman–Crippen MR) is 57.9 cm³/mol. The van der Waals surface area contributed by atoms with E-state index in [1.807, 2.05) is 0 Å². The van der Waals surface area contributed by atoms with Gasteiger partial charge in [-0.1, -0.05) is 12.1 Å². The highest BCUT2D eigenvalue weighted by Crippen LogP contribution is 2.31. The third-order valence-electron chi connectivity index (χ3n) is 3.00. The monoisotopic (exact) mass is 237 g/mol. The number of rotatable bonds is 2. The molecule has 1 amide bonds. The molecule has 1 aliphatic rings. The average Bonchev–Trinajstić information content (AvgIpc) is 2.29. The number of carbonyl (C=O) groups is 2. The molecule has 0 unspecified atom stereocenters. The molecule has 2 atom stereocenters. The largest absolute Gasteiger partial charge is 0.481 e. The molecule has 0 aliphatic carbocycles. The Balaban J connectivity index is 2.31. The van der Waals surface area contributed by atoms with E-state index >= 15 is 0 Å². The second-order valence-corrected chi connectivity index (χ2v) is 4.05. The zero-order valence-corrected chi connectivity index (χ0v) is 9.02. The number of carboxylic acid groups (broad SMARTS) is 1. The Hall–Kier alpha value is -1.91. The van der Waals surface area contributed by atoms with Crippen molar-refractivity contribution in [3.63, 3.8) is 0 Å². The van der Waals surface area contributed by atoms with Crippen molar-refractivity contribution in [1.29, 1.82) is 0 Å². The highest BCUT2D eigenvalue weighted by Gasteiger charge is 2.38. The third kappa shape index (κ3) is 2.27. The maximum atomic E-state index is 12.8. The van der Waals surface area contributed by atoms with E-state index < -0.39 is 17.8 Å². The van der Waals surface area contributed by atoms with Gasteiger partial charge in [0.1, 0.15) is 11.7 Å². The van der Waals surface area contributed by atoms with E-state index in [0.29, 0.717) is 18.5 Å². The maximum Gasteiger partial charge on any atom is 0.316 e. The highest BCUT2D eigenvalue weighted by atomic mass is 19.1. The minimum absolute atomic E-state index is 0.374. The smallest absolute Gasteiger partial charge is 0.316 e. The van der Waals surface area contributed by atoms with E-state index in [1.54, 1.807) is 0 Å². The van der Waals surface area contributed by atoms with Crippen LogP contribution in [0.4, 0.5) is 4.39 Å². The number of amides is 1. The molecule has 17 heavy (non-hydrogen) atoms. The van der Waals surface area contributed by atoms with Gasteiger partial charge in [-0.15, -0.1) is 0 Å². The van der Waals surface area contributed by atoms with Crippen molar-refractivity contribution in [1.82, 2.24) is 5.32 Å². The SMILES string of the molecule is O=C(O)[C@H]1C(=O)NCC[C@@H]1c1ccc(F)cc1. The molecule has 1 heterocycles. The Labute approximate surface area is 97.4 Å². The molecule has 0 radical (unpaired) electrons. The van der Waals surface area contributed by atoms with Gasteiger partial charge < -0.3 is 10.4 Å². The number of carbonyl (C=O) groups excluding carboxylic acids is 1. The van der Waals surface area contributed by atoms with Crippen molar-refractivity contribution in [3.05, 3.63) is 35.6 Å². The lowest BCUT2D eigenvalue weighted by Crippen LogP contribution is -2.44. The van der Waals surface area contributed by atoms with E-state index in [1.165, 1.54) is 24.3 Å². The molecule has 90 valence electrons. The molecular weight excluding hydrogens is 225 g/mol. The molecule has 0 bridgehead atoms. The summed E-state index contributed by atoms with van der Waals surface area (Å²) in [5.74, 6) is -3.47. The van der Waals surface area contributed by atoms with Gasteiger partial charge in [0.2, 0.25) is 5.91 Å². The van der Waals surface area contributed by atoms with Crippen LogP contribution in [0.5, 0.6) is 0 Å². The van der Waals surface area contributed by atoms with Gasteiger partial charge >= 0.3 is 5.97 Å². The summed E-state index contributed by atoms with van der Waals surface area (Å²) in [6, 6.07) is 5.63. The molecule has 1 aromatic rings. The Morgan fingerprint density at radius 1 is 1.35 bits per heavy atom. The molecule has 0 spiro atoms. The van der Waals surface area contributed by atoms with Gasteiger partial charge in [0.25, 0.3) is 0 Å². The second-order valence-electron chi connectivity index (χ2n) is 4.05. The number of halogens is 1. The summed E-state index contributed by atoms with van der Waals surface area (Å²) >= 11 is 0. The Bertz CT molecular complexity index is 444. The van der Waals surface area contributed by atoms with Crippen molar-refractivity contribution < 1.29 is 19.1 Å². The molecule has 1 saturated heterocycles. The summed E-state index contributed by atoms with van der Waals surface area (Å²) in [7, 11) is 0. The van der Waals surface area contributed by atoms with Crippen LogP contribution in [0.2, 0.25) is 0 Å². The normalized spacial score (nSPS) is 24.2. The summed E-state index contributed by atoms with van der Waals surface area (Å²) in [5, 5.41) is 11.6. The molecule has 2 rings (SSSR count). The number of aliphatic carboxylic acids is 1. The number of piperidine rings is 1. The van der Waals surface area contributed by atoms with E-state index in [2.05, 4.69) is 5.32 Å². The predicted octanol–water partition coefficient (Wildman–Crippen LogP) is 1.13. The molecular formula is C12H12FNO3. The van der Waals surface area contributed by atoms with Crippen molar-refractivity contribution in [3.8, 4) is 0 Å². The van der Waals surface area contributed by atoms with Crippen molar-refractivity contribution >= 4 is 11.9 Å². The fraction of sp³-hybridized carbons (Fsp3) is 0.333. The summed E-state index contributed by atoms with van der Waals surface area (Å²) in [5.41, 5.74) is 0.689. The summed E-state index contributed by atoms with van der Waals surface area (Å²) in [4.78, 5) is 22.6.